The smallest absolute Gasteiger partial charge is 0.416 e. The van der Waals surface area contributed by atoms with Crippen molar-refractivity contribution in [3.05, 3.63) is 46.5 Å². The number of hydrogen-bond donors (Lipinski definition) is 1. The molecular formula is C20H19ClF3NO6. The lowest BCUT2D eigenvalue weighted by Gasteiger charge is -2.14. The zero-order valence-corrected chi connectivity index (χ0v) is 17.5. The fraction of sp³-hybridized carbons (Fsp3) is 0.300. The van der Waals surface area contributed by atoms with E-state index in [2.05, 4.69) is 5.32 Å². The molecule has 2 rings (SSSR count). The predicted octanol–water partition coefficient (Wildman–Crippen LogP) is 4.11. The molecule has 2 aromatic rings. The molecule has 0 saturated heterocycles. The monoisotopic (exact) mass is 461 g/mol. The van der Waals surface area contributed by atoms with Gasteiger partial charge in [0.15, 0.2) is 18.1 Å². The van der Waals surface area contributed by atoms with E-state index in [0.717, 1.165) is 12.1 Å². The lowest BCUT2D eigenvalue weighted by Crippen LogP contribution is -2.22. The number of methoxy groups -OCH3 is 3. The van der Waals surface area contributed by atoms with Gasteiger partial charge in [-0.05, 0) is 35.9 Å². The van der Waals surface area contributed by atoms with Gasteiger partial charge in [0.25, 0.3) is 5.91 Å². The SMILES string of the molecule is COc1cc(CC(=O)OCC(=O)Nc2cc(C(F)(F)F)ccc2Cl)cc(OC)c1OC. The third-order valence-electron chi connectivity index (χ3n) is 4.01. The number of benzene rings is 2. The van der Waals surface area contributed by atoms with E-state index < -0.39 is 30.2 Å². The van der Waals surface area contributed by atoms with E-state index in [9.17, 15) is 22.8 Å². The topological polar surface area (TPSA) is 83.1 Å². The normalized spacial score (nSPS) is 10.9. The highest BCUT2D eigenvalue weighted by atomic mass is 35.5. The Hall–Kier alpha value is -3.14. The van der Waals surface area contributed by atoms with Gasteiger partial charge in [0.2, 0.25) is 5.75 Å². The number of nitrogens with one attached hydrogen (secondary N) is 1. The maximum atomic E-state index is 12.8. The first-order valence-electron chi connectivity index (χ1n) is 8.70. The van der Waals surface area contributed by atoms with Crippen LogP contribution in [0.3, 0.4) is 0 Å². The molecule has 0 aromatic heterocycles. The minimum atomic E-state index is -4.60. The zero-order chi connectivity index (χ0) is 23.2. The molecule has 0 aliphatic carbocycles. The second-order valence-corrected chi connectivity index (χ2v) is 6.52. The third-order valence-corrected chi connectivity index (χ3v) is 4.33. The first kappa shape index (κ1) is 24.1. The van der Waals surface area contributed by atoms with Gasteiger partial charge in [0.1, 0.15) is 0 Å². The van der Waals surface area contributed by atoms with Crippen molar-refractivity contribution in [2.75, 3.05) is 33.3 Å². The Morgan fingerprint density at radius 1 is 1.00 bits per heavy atom. The van der Waals surface area contributed by atoms with Gasteiger partial charge in [-0.2, -0.15) is 13.2 Å². The van der Waals surface area contributed by atoms with E-state index in [4.69, 9.17) is 30.5 Å². The van der Waals surface area contributed by atoms with Gasteiger partial charge < -0.3 is 24.3 Å². The van der Waals surface area contributed by atoms with E-state index in [-0.39, 0.29) is 17.1 Å². The van der Waals surface area contributed by atoms with Crippen LogP contribution in [0.4, 0.5) is 18.9 Å². The van der Waals surface area contributed by atoms with Gasteiger partial charge in [-0.25, -0.2) is 0 Å². The Morgan fingerprint density at radius 2 is 1.61 bits per heavy atom. The number of hydrogen-bond acceptors (Lipinski definition) is 6. The number of halogens is 4. The van der Waals surface area contributed by atoms with E-state index in [0.29, 0.717) is 28.9 Å². The molecule has 0 radical (unpaired) electrons. The van der Waals surface area contributed by atoms with Crippen molar-refractivity contribution in [1.82, 2.24) is 0 Å². The molecule has 11 heteroatoms. The van der Waals surface area contributed by atoms with Crippen molar-refractivity contribution in [3.63, 3.8) is 0 Å². The van der Waals surface area contributed by atoms with E-state index in [1.807, 2.05) is 0 Å². The quantitative estimate of drug-likeness (QED) is 0.596. The van der Waals surface area contributed by atoms with Crippen LogP contribution in [-0.4, -0.2) is 39.8 Å². The number of amides is 1. The van der Waals surface area contributed by atoms with Crippen molar-refractivity contribution in [3.8, 4) is 17.2 Å². The molecule has 0 spiro atoms. The minimum absolute atomic E-state index is 0.0925. The van der Waals surface area contributed by atoms with E-state index >= 15 is 0 Å². The van der Waals surface area contributed by atoms with Crippen LogP contribution in [-0.2, 0) is 26.9 Å². The van der Waals surface area contributed by atoms with Crippen LogP contribution in [0.25, 0.3) is 0 Å². The molecule has 1 N–H and O–H groups in total. The van der Waals surface area contributed by atoms with Gasteiger partial charge in [-0.3, -0.25) is 9.59 Å². The van der Waals surface area contributed by atoms with Gasteiger partial charge in [-0.15, -0.1) is 0 Å². The summed E-state index contributed by atoms with van der Waals surface area (Å²) in [6.45, 7) is -0.712. The summed E-state index contributed by atoms with van der Waals surface area (Å²) >= 11 is 5.82. The lowest BCUT2D eigenvalue weighted by atomic mass is 10.1. The van der Waals surface area contributed by atoms with Crippen LogP contribution in [0.15, 0.2) is 30.3 Å². The molecule has 168 valence electrons. The van der Waals surface area contributed by atoms with Gasteiger partial charge >= 0.3 is 12.1 Å². The lowest BCUT2D eigenvalue weighted by molar-refractivity contribution is -0.146. The molecule has 31 heavy (non-hydrogen) atoms. The number of anilines is 1. The summed E-state index contributed by atoms with van der Waals surface area (Å²) in [6, 6.07) is 5.58. The molecule has 0 heterocycles. The number of rotatable bonds is 8. The highest BCUT2D eigenvalue weighted by Gasteiger charge is 2.31. The Morgan fingerprint density at radius 3 is 2.13 bits per heavy atom. The van der Waals surface area contributed by atoms with Gasteiger partial charge in [-0.1, -0.05) is 11.6 Å². The Labute approximate surface area is 181 Å². The summed E-state index contributed by atoms with van der Waals surface area (Å²) in [5, 5.41) is 2.10. The molecule has 0 aliphatic heterocycles. The van der Waals surface area contributed by atoms with Crippen LogP contribution in [0.2, 0.25) is 5.02 Å². The van der Waals surface area contributed by atoms with Crippen molar-refractivity contribution >= 4 is 29.2 Å². The zero-order valence-electron chi connectivity index (χ0n) is 16.8. The van der Waals surface area contributed by atoms with Crippen LogP contribution >= 0.6 is 11.6 Å². The number of carbonyl (C=O) groups is 2. The first-order valence-corrected chi connectivity index (χ1v) is 9.08. The van der Waals surface area contributed by atoms with Crippen LogP contribution in [0.5, 0.6) is 17.2 Å². The third kappa shape index (κ3) is 6.42. The van der Waals surface area contributed by atoms with Crippen LogP contribution < -0.4 is 19.5 Å². The van der Waals surface area contributed by atoms with Crippen molar-refractivity contribution < 1.29 is 41.7 Å². The predicted molar refractivity (Wildman–Crippen MR) is 106 cm³/mol. The summed E-state index contributed by atoms with van der Waals surface area (Å²) in [5.41, 5.74) is -0.755. The number of esters is 1. The van der Waals surface area contributed by atoms with Crippen LogP contribution in [0.1, 0.15) is 11.1 Å². The maximum absolute atomic E-state index is 12.8. The van der Waals surface area contributed by atoms with E-state index in [1.165, 1.54) is 21.3 Å². The van der Waals surface area contributed by atoms with Crippen LogP contribution in [0, 0.1) is 0 Å². The first-order chi connectivity index (χ1) is 14.6. The number of alkyl halides is 3. The minimum Gasteiger partial charge on any atom is -0.493 e. The summed E-state index contributed by atoms with van der Waals surface area (Å²) in [7, 11) is 4.27. The molecule has 0 fully saturated rings. The second kappa shape index (κ2) is 10.3. The Bertz CT molecular complexity index is 939. The number of carbonyl (C=O) groups excluding carboxylic acids is 2. The molecule has 1 amide bonds. The summed E-state index contributed by atoms with van der Waals surface area (Å²) in [5.74, 6) is -0.582. The number of ether oxygens (including phenoxy) is 4. The van der Waals surface area contributed by atoms with E-state index in [1.54, 1.807) is 12.1 Å². The fourth-order valence-electron chi connectivity index (χ4n) is 2.58. The average Bonchev–Trinajstić information content (AvgIpc) is 2.72. The fourth-order valence-corrected chi connectivity index (χ4v) is 2.75. The Kier molecular flexibility index (Phi) is 7.98. The molecule has 0 aliphatic rings. The van der Waals surface area contributed by atoms with Crippen molar-refractivity contribution in [1.29, 1.82) is 0 Å². The van der Waals surface area contributed by atoms with Gasteiger partial charge in [0, 0.05) is 0 Å². The van der Waals surface area contributed by atoms with Crippen molar-refractivity contribution in [2.45, 2.75) is 12.6 Å². The summed E-state index contributed by atoms with van der Waals surface area (Å²) < 4.78 is 58.9. The Balaban J connectivity index is 2.00. The van der Waals surface area contributed by atoms with Gasteiger partial charge in [0.05, 0.1) is 44.0 Å². The highest BCUT2D eigenvalue weighted by Crippen LogP contribution is 2.38. The summed E-state index contributed by atoms with van der Waals surface area (Å²) in [4.78, 5) is 24.1. The standard InChI is InChI=1S/C20H19ClF3NO6/c1-28-15-6-11(7-16(29-2)19(15)30-3)8-18(27)31-10-17(26)25-14-9-12(20(22,23)24)4-5-13(14)21/h4-7,9H,8,10H2,1-3H3,(H,25,26). The molecule has 0 saturated carbocycles. The maximum Gasteiger partial charge on any atom is 0.416 e. The van der Waals surface area contributed by atoms with Crippen molar-refractivity contribution in [2.24, 2.45) is 0 Å². The molecule has 2 aromatic carbocycles. The summed E-state index contributed by atoms with van der Waals surface area (Å²) in [6.07, 6.45) is -4.81. The largest absolute Gasteiger partial charge is 0.493 e. The highest BCUT2D eigenvalue weighted by molar-refractivity contribution is 6.33. The molecule has 0 atom stereocenters. The second-order valence-electron chi connectivity index (χ2n) is 6.11. The molecule has 0 unspecified atom stereocenters. The average molecular weight is 462 g/mol. The molecular weight excluding hydrogens is 443 g/mol. The molecule has 0 bridgehead atoms. The molecule has 7 nitrogen and oxygen atoms in total.